The average molecular weight is 395 g/mol. The van der Waals surface area contributed by atoms with Gasteiger partial charge in [0.2, 0.25) is 0 Å². The van der Waals surface area contributed by atoms with Crippen LogP contribution >= 0.6 is 11.3 Å². The molecule has 0 radical (unpaired) electrons. The van der Waals surface area contributed by atoms with Gasteiger partial charge >= 0.3 is 0 Å². The molecule has 3 rings (SSSR count). The molecule has 0 atom stereocenters. The maximum absolute atomic E-state index is 8.94. The van der Waals surface area contributed by atoms with Crippen LogP contribution in [0.1, 0.15) is 0 Å². The standard InChI is InChI=1S/C20H21N5O2S/c1-13(12-26)23-24-25(2)16-8-4-15(5-9-16)19-18(22-20(21)28-19)14-6-10-17(27-3)11-7-14/h4-11,26H,1,12H2,2-3H3,(H2,21,22). The molecule has 8 heteroatoms. The molecule has 0 spiro atoms. The third kappa shape index (κ3) is 4.36. The average Bonchev–Trinajstić information content (AvgIpc) is 3.13. The molecule has 0 saturated heterocycles. The molecule has 0 aliphatic heterocycles. The molecule has 28 heavy (non-hydrogen) atoms. The van der Waals surface area contributed by atoms with Crippen LogP contribution in [0.15, 0.2) is 71.1 Å². The Labute approximate surface area is 167 Å². The maximum atomic E-state index is 8.94. The SMILES string of the molecule is C=C(CO)N=NN(C)c1ccc(-c2sc(N)nc2-c2ccc(OC)cc2)cc1. The molecular weight excluding hydrogens is 374 g/mol. The maximum Gasteiger partial charge on any atom is 0.181 e. The fourth-order valence-corrected chi connectivity index (χ4v) is 3.38. The van der Waals surface area contributed by atoms with Crippen molar-refractivity contribution in [2.45, 2.75) is 0 Å². The molecule has 0 saturated carbocycles. The van der Waals surface area contributed by atoms with Crippen molar-refractivity contribution in [1.29, 1.82) is 0 Å². The van der Waals surface area contributed by atoms with E-state index in [1.807, 2.05) is 48.5 Å². The number of benzene rings is 2. The Morgan fingerprint density at radius 1 is 1.18 bits per heavy atom. The summed E-state index contributed by atoms with van der Waals surface area (Å²) in [5, 5.41) is 18.9. The lowest BCUT2D eigenvalue weighted by Gasteiger charge is -2.12. The zero-order chi connectivity index (χ0) is 20.1. The van der Waals surface area contributed by atoms with Crippen molar-refractivity contribution in [3.05, 3.63) is 60.8 Å². The van der Waals surface area contributed by atoms with Crippen molar-refractivity contribution in [3.8, 4) is 27.4 Å². The van der Waals surface area contributed by atoms with Crippen LogP contribution in [0.3, 0.4) is 0 Å². The minimum Gasteiger partial charge on any atom is -0.497 e. The number of nitrogens with two attached hydrogens (primary N) is 1. The lowest BCUT2D eigenvalue weighted by atomic mass is 10.1. The molecule has 0 aliphatic rings. The van der Waals surface area contributed by atoms with E-state index in [1.165, 1.54) is 11.3 Å². The Morgan fingerprint density at radius 3 is 2.43 bits per heavy atom. The van der Waals surface area contributed by atoms with E-state index in [0.717, 1.165) is 33.1 Å². The van der Waals surface area contributed by atoms with E-state index in [9.17, 15) is 0 Å². The van der Waals surface area contributed by atoms with Crippen LogP contribution in [-0.4, -0.2) is 30.9 Å². The summed E-state index contributed by atoms with van der Waals surface area (Å²) in [5.41, 5.74) is 9.96. The first-order chi connectivity index (χ1) is 13.5. The van der Waals surface area contributed by atoms with Gasteiger partial charge in [0, 0.05) is 12.6 Å². The number of ether oxygens (including phenoxy) is 1. The normalized spacial score (nSPS) is 11.0. The van der Waals surface area contributed by atoms with Crippen molar-refractivity contribution >= 4 is 22.2 Å². The highest BCUT2D eigenvalue weighted by Gasteiger charge is 2.14. The molecule has 0 bridgehead atoms. The molecule has 0 amide bonds. The van der Waals surface area contributed by atoms with E-state index in [1.54, 1.807) is 19.2 Å². The van der Waals surface area contributed by atoms with E-state index in [0.29, 0.717) is 10.8 Å². The topological polar surface area (TPSA) is 96.3 Å². The summed E-state index contributed by atoms with van der Waals surface area (Å²) < 4.78 is 5.22. The molecule has 1 aromatic heterocycles. The van der Waals surface area contributed by atoms with Crippen molar-refractivity contribution in [3.63, 3.8) is 0 Å². The summed E-state index contributed by atoms with van der Waals surface area (Å²) in [5.74, 6) is 0.791. The number of hydrogen-bond acceptors (Lipinski definition) is 7. The first-order valence-electron chi connectivity index (χ1n) is 8.47. The number of aliphatic hydroxyl groups is 1. The number of nitrogens with zero attached hydrogens (tertiary/aromatic N) is 4. The van der Waals surface area contributed by atoms with E-state index >= 15 is 0 Å². The molecule has 144 valence electrons. The number of hydrogen-bond donors (Lipinski definition) is 2. The Morgan fingerprint density at radius 2 is 1.82 bits per heavy atom. The van der Waals surface area contributed by atoms with Gasteiger partial charge in [-0.25, -0.2) is 4.98 Å². The Hall–Kier alpha value is -3.23. The number of thiazole rings is 1. The summed E-state index contributed by atoms with van der Waals surface area (Å²) in [6.07, 6.45) is 0. The molecule has 2 aromatic carbocycles. The van der Waals surface area contributed by atoms with Crippen molar-refractivity contribution in [1.82, 2.24) is 4.98 Å². The van der Waals surface area contributed by atoms with Crippen LogP contribution in [-0.2, 0) is 0 Å². The minimum atomic E-state index is -0.225. The number of aromatic nitrogens is 1. The highest BCUT2D eigenvalue weighted by Crippen LogP contribution is 2.38. The molecule has 3 N–H and O–H groups in total. The zero-order valence-electron chi connectivity index (χ0n) is 15.7. The van der Waals surface area contributed by atoms with Gasteiger partial charge in [-0.2, -0.15) is 0 Å². The number of anilines is 2. The highest BCUT2D eigenvalue weighted by molar-refractivity contribution is 7.19. The van der Waals surface area contributed by atoms with Crippen molar-refractivity contribution in [2.24, 2.45) is 10.3 Å². The molecule has 0 aliphatic carbocycles. The van der Waals surface area contributed by atoms with Crippen LogP contribution in [0.4, 0.5) is 10.8 Å². The molecule has 7 nitrogen and oxygen atoms in total. The summed E-state index contributed by atoms with van der Waals surface area (Å²) >= 11 is 1.44. The van der Waals surface area contributed by atoms with Crippen LogP contribution < -0.4 is 15.5 Å². The monoisotopic (exact) mass is 395 g/mol. The molecular formula is C20H21N5O2S. The molecule has 1 heterocycles. The lowest BCUT2D eigenvalue weighted by Crippen LogP contribution is -2.07. The molecule has 0 fully saturated rings. The van der Waals surface area contributed by atoms with Gasteiger partial charge in [0.1, 0.15) is 5.75 Å². The number of rotatable bonds is 7. The number of nitrogen functional groups attached to an aromatic ring is 1. The van der Waals surface area contributed by atoms with Crippen molar-refractivity contribution in [2.75, 3.05) is 31.5 Å². The van der Waals surface area contributed by atoms with Crippen LogP contribution in [0.5, 0.6) is 5.75 Å². The van der Waals surface area contributed by atoms with Gasteiger partial charge < -0.3 is 15.6 Å². The van der Waals surface area contributed by atoms with Gasteiger partial charge in [-0.1, -0.05) is 35.3 Å². The first-order valence-corrected chi connectivity index (χ1v) is 9.28. The third-order valence-electron chi connectivity index (χ3n) is 4.01. The van der Waals surface area contributed by atoms with Gasteiger partial charge in [0.05, 0.1) is 35.7 Å². The van der Waals surface area contributed by atoms with E-state index in [4.69, 9.17) is 15.6 Å². The number of aliphatic hydroxyl groups excluding tert-OH is 1. The smallest absolute Gasteiger partial charge is 0.181 e. The van der Waals surface area contributed by atoms with Crippen molar-refractivity contribution < 1.29 is 9.84 Å². The van der Waals surface area contributed by atoms with Gasteiger partial charge in [0.15, 0.2) is 5.13 Å². The Balaban J connectivity index is 1.88. The second-order valence-electron chi connectivity index (χ2n) is 5.94. The summed E-state index contributed by atoms with van der Waals surface area (Å²) in [6.45, 7) is 3.36. The first kappa shape index (κ1) is 19.5. The second kappa shape index (κ2) is 8.64. The largest absolute Gasteiger partial charge is 0.497 e. The summed E-state index contributed by atoms with van der Waals surface area (Å²) in [6, 6.07) is 15.6. The van der Waals surface area contributed by atoms with E-state index < -0.39 is 0 Å². The van der Waals surface area contributed by atoms with Gasteiger partial charge in [-0.15, -0.1) is 5.11 Å². The fourth-order valence-electron chi connectivity index (χ4n) is 2.52. The van der Waals surface area contributed by atoms with Gasteiger partial charge in [-0.05, 0) is 42.0 Å². The third-order valence-corrected chi connectivity index (χ3v) is 4.95. The van der Waals surface area contributed by atoms with Gasteiger partial charge in [0.25, 0.3) is 0 Å². The van der Waals surface area contributed by atoms with E-state index in [2.05, 4.69) is 21.9 Å². The minimum absolute atomic E-state index is 0.225. The summed E-state index contributed by atoms with van der Waals surface area (Å²) in [4.78, 5) is 5.50. The van der Waals surface area contributed by atoms with Crippen LogP contribution in [0, 0.1) is 0 Å². The summed E-state index contributed by atoms with van der Waals surface area (Å²) in [7, 11) is 3.41. The highest BCUT2D eigenvalue weighted by atomic mass is 32.1. The Bertz CT molecular complexity index is 981. The quantitative estimate of drug-likeness (QED) is 0.457. The number of methoxy groups -OCH3 is 1. The zero-order valence-corrected chi connectivity index (χ0v) is 16.5. The molecule has 3 aromatic rings. The lowest BCUT2D eigenvalue weighted by molar-refractivity contribution is 0.329. The Kier molecular flexibility index (Phi) is 6.03. The predicted molar refractivity (Wildman–Crippen MR) is 113 cm³/mol. The molecule has 0 unspecified atom stereocenters. The van der Waals surface area contributed by atoms with Crippen LogP contribution in [0.25, 0.3) is 21.7 Å². The van der Waals surface area contributed by atoms with Gasteiger partial charge in [-0.3, -0.25) is 5.01 Å². The second-order valence-corrected chi connectivity index (χ2v) is 6.97. The fraction of sp³-hybridized carbons (Fsp3) is 0.150. The van der Waals surface area contributed by atoms with E-state index in [-0.39, 0.29) is 6.61 Å². The predicted octanol–water partition coefficient (Wildman–Crippen LogP) is 4.38. The van der Waals surface area contributed by atoms with Crippen LogP contribution in [0.2, 0.25) is 0 Å².